The fourth-order valence-corrected chi connectivity index (χ4v) is 7.21. The van der Waals surface area contributed by atoms with Crippen molar-refractivity contribution in [2.24, 2.45) is 0 Å². The topological polar surface area (TPSA) is 37.3 Å². The predicted molar refractivity (Wildman–Crippen MR) is 145 cm³/mol. The molecule has 0 radical (unpaired) electrons. The number of benzene rings is 2. The van der Waals surface area contributed by atoms with Gasteiger partial charge in [-0.25, -0.2) is 4.79 Å². The van der Waals surface area contributed by atoms with E-state index in [2.05, 4.69) is 75.8 Å². The van der Waals surface area contributed by atoms with Crippen molar-refractivity contribution in [1.29, 1.82) is 0 Å². The quantitative estimate of drug-likeness (QED) is 0.308. The Morgan fingerprint density at radius 1 is 1.00 bits per heavy atom. The molecule has 2 amide bonds. The number of fused-ring (bicyclic) bond motifs is 5. The highest BCUT2D eigenvalue weighted by Crippen LogP contribution is 2.44. The van der Waals surface area contributed by atoms with Crippen molar-refractivity contribution in [2.75, 3.05) is 6.26 Å². The van der Waals surface area contributed by atoms with Gasteiger partial charge in [-0.3, -0.25) is 0 Å². The van der Waals surface area contributed by atoms with Gasteiger partial charge in [-0.1, -0.05) is 42.5 Å². The van der Waals surface area contributed by atoms with Crippen molar-refractivity contribution < 1.29 is 4.79 Å². The molecule has 0 fully saturated rings. The van der Waals surface area contributed by atoms with E-state index in [-0.39, 0.29) is 12.1 Å². The van der Waals surface area contributed by atoms with Crippen LogP contribution in [0, 0.1) is 0 Å². The van der Waals surface area contributed by atoms with E-state index in [0.717, 1.165) is 29.7 Å². The zero-order valence-electron chi connectivity index (χ0n) is 19.9. The van der Waals surface area contributed by atoms with E-state index in [1.54, 1.807) is 11.8 Å². The molecule has 0 saturated heterocycles. The van der Waals surface area contributed by atoms with E-state index in [9.17, 15) is 4.79 Å². The second-order valence-corrected chi connectivity index (χ2v) is 11.2. The van der Waals surface area contributed by atoms with Gasteiger partial charge in [-0.05, 0) is 72.9 Å². The molecule has 2 aromatic carbocycles. The van der Waals surface area contributed by atoms with Crippen LogP contribution in [0.2, 0.25) is 0 Å². The lowest BCUT2D eigenvalue weighted by atomic mass is 9.95. The first kappa shape index (κ1) is 22.5. The molecule has 178 valence electrons. The van der Waals surface area contributed by atoms with Crippen LogP contribution in [0.4, 0.5) is 4.79 Å². The summed E-state index contributed by atoms with van der Waals surface area (Å²) < 4.78 is 2.34. The number of aryl methyl sites for hydroxylation is 1. The first-order valence-electron chi connectivity index (χ1n) is 12.3. The molecular formula is C29H29N3OS2. The summed E-state index contributed by atoms with van der Waals surface area (Å²) in [6.45, 7) is 1.14. The van der Waals surface area contributed by atoms with Gasteiger partial charge in [0.05, 0.1) is 18.3 Å². The molecule has 6 heteroatoms. The van der Waals surface area contributed by atoms with Crippen LogP contribution in [0.1, 0.15) is 51.7 Å². The zero-order valence-corrected chi connectivity index (χ0v) is 21.5. The minimum absolute atomic E-state index is 0.0239. The van der Waals surface area contributed by atoms with Crippen LogP contribution < -0.4 is 5.32 Å². The summed E-state index contributed by atoms with van der Waals surface area (Å²) in [6.07, 6.45) is 9.03. The van der Waals surface area contributed by atoms with Gasteiger partial charge in [0.15, 0.2) is 0 Å². The molecule has 4 nitrogen and oxygen atoms in total. The first-order valence-corrected chi connectivity index (χ1v) is 14.3. The van der Waals surface area contributed by atoms with Crippen LogP contribution in [0.25, 0.3) is 5.00 Å². The molecule has 6 rings (SSSR count). The molecule has 1 aliphatic carbocycles. The average Bonchev–Trinajstić information content (AvgIpc) is 3.50. The van der Waals surface area contributed by atoms with Crippen molar-refractivity contribution in [3.8, 4) is 5.00 Å². The first-order chi connectivity index (χ1) is 17.2. The Kier molecular flexibility index (Phi) is 6.17. The van der Waals surface area contributed by atoms with Gasteiger partial charge >= 0.3 is 6.03 Å². The molecule has 1 aliphatic heterocycles. The van der Waals surface area contributed by atoms with E-state index in [4.69, 9.17) is 0 Å². The number of thioether (sulfide) groups is 1. The minimum atomic E-state index is -0.157. The number of hydrogen-bond donors (Lipinski definition) is 1. The van der Waals surface area contributed by atoms with Crippen LogP contribution in [-0.4, -0.2) is 21.8 Å². The number of carbonyl (C=O) groups is 1. The third-order valence-corrected chi connectivity index (χ3v) is 9.23. The molecular weight excluding hydrogens is 470 g/mol. The maximum absolute atomic E-state index is 13.9. The molecule has 2 aromatic heterocycles. The molecule has 35 heavy (non-hydrogen) atoms. The summed E-state index contributed by atoms with van der Waals surface area (Å²) in [6, 6.07) is 22.9. The van der Waals surface area contributed by atoms with Gasteiger partial charge in [0.2, 0.25) is 0 Å². The Balaban J connectivity index is 1.44. The van der Waals surface area contributed by atoms with Crippen LogP contribution in [-0.2, 0) is 25.9 Å². The summed E-state index contributed by atoms with van der Waals surface area (Å²) in [4.78, 5) is 18.7. The van der Waals surface area contributed by atoms with Crippen LogP contribution >= 0.6 is 23.1 Å². The van der Waals surface area contributed by atoms with Gasteiger partial charge < -0.3 is 14.8 Å². The molecule has 1 atom stereocenters. The van der Waals surface area contributed by atoms with Gasteiger partial charge in [-0.2, -0.15) is 0 Å². The fourth-order valence-electron chi connectivity index (χ4n) is 5.40. The minimum Gasteiger partial charge on any atom is -0.334 e. The third-order valence-electron chi connectivity index (χ3n) is 7.16. The molecule has 2 aliphatic rings. The van der Waals surface area contributed by atoms with E-state index in [1.807, 2.05) is 29.5 Å². The number of hydrogen-bond acceptors (Lipinski definition) is 3. The molecule has 3 heterocycles. The number of aromatic nitrogens is 1. The molecule has 1 N–H and O–H groups in total. The van der Waals surface area contributed by atoms with E-state index in [0.29, 0.717) is 13.1 Å². The van der Waals surface area contributed by atoms with Crippen molar-refractivity contribution in [3.05, 3.63) is 106 Å². The highest BCUT2D eigenvalue weighted by Gasteiger charge is 2.36. The normalized spacial score (nSPS) is 16.7. The van der Waals surface area contributed by atoms with Crippen LogP contribution in [0.3, 0.4) is 0 Å². The maximum Gasteiger partial charge on any atom is 0.318 e. The number of nitrogens with one attached hydrogen (secondary N) is 1. The summed E-state index contributed by atoms with van der Waals surface area (Å²) in [7, 11) is 0. The van der Waals surface area contributed by atoms with Crippen LogP contribution in [0.5, 0.6) is 0 Å². The highest BCUT2D eigenvalue weighted by atomic mass is 32.2. The van der Waals surface area contributed by atoms with Crippen LogP contribution in [0.15, 0.2) is 77.8 Å². The summed E-state index contributed by atoms with van der Waals surface area (Å²) in [5, 5.41) is 4.51. The smallest absolute Gasteiger partial charge is 0.318 e. The van der Waals surface area contributed by atoms with Crippen molar-refractivity contribution in [1.82, 2.24) is 14.8 Å². The van der Waals surface area contributed by atoms with E-state index in [1.165, 1.54) is 38.7 Å². The third kappa shape index (κ3) is 4.19. The largest absolute Gasteiger partial charge is 0.334 e. The maximum atomic E-state index is 13.9. The zero-order chi connectivity index (χ0) is 23.8. The number of amides is 2. The van der Waals surface area contributed by atoms with Gasteiger partial charge in [0.1, 0.15) is 5.00 Å². The van der Waals surface area contributed by atoms with Gasteiger partial charge in [0, 0.05) is 28.1 Å². The number of carbonyl (C=O) groups excluding carboxylic acids is 1. The standard InChI is InChI=1S/C29H29N3OS2/c1-34-22-15-13-21(14-16-22)27-25-11-7-17-31(25)28-24(23-10-5-6-12-26(23)35-28)19-32(27)29(33)30-18-20-8-3-2-4-9-20/h2-4,7-9,11,13-17,27H,5-6,10,12,18-19H2,1H3,(H,30,33). The Morgan fingerprint density at radius 3 is 2.60 bits per heavy atom. The molecule has 0 saturated carbocycles. The summed E-state index contributed by atoms with van der Waals surface area (Å²) in [5.74, 6) is 0. The molecule has 0 bridgehead atoms. The Labute approximate surface area is 215 Å². The second kappa shape index (κ2) is 9.59. The summed E-state index contributed by atoms with van der Waals surface area (Å²) in [5.41, 5.74) is 6.21. The second-order valence-electron chi connectivity index (χ2n) is 9.25. The molecule has 1 unspecified atom stereocenters. The van der Waals surface area contributed by atoms with Gasteiger partial charge in [0.25, 0.3) is 0 Å². The monoisotopic (exact) mass is 499 g/mol. The van der Waals surface area contributed by atoms with Crippen molar-refractivity contribution in [2.45, 2.75) is 49.7 Å². The number of thiophene rings is 1. The summed E-state index contributed by atoms with van der Waals surface area (Å²) >= 11 is 3.67. The Hall–Kier alpha value is -2.96. The Bertz CT molecular complexity index is 1340. The SMILES string of the molecule is CSc1ccc(C2c3cccn3-c3sc4c(c3CN2C(=O)NCc2ccccc2)CCCC4)cc1. The fraction of sp³-hybridized carbons (Fsp3) is 0.276. The van der Waals surface area contributed by atoms with Gasteiger partial charge in [-0.15, -0.1) is 23.1 Å². The number of nitrogens with zero attached hydrogens (tertiary/aromatic N) is 2. The highest BCUT2D eigenvalue weighted by molar-refractivity contribution is 7.98. The average molecular weight is 500 g/mol. The van der Waals surface area contributed by atoms with E-state index < -0.39 is 0 Å². The Morgan fingerprint density at radius 2 is 1.80 bits per heavy atom. The number of urea groups is 1. The molecule has 4 aromatic rings. The molecule has 0 spiro atoms. The lowest BCUT2D eigenvalue weighted by molar-refractivity contribution is 0.180. The van der Waals surface area contributed by atoms with Crippen molar-refractivity contribution >= 4 is 29.1 Å². The van der Waals surface area contributed by atoms with E-state index >= 15 is 0 Å². The lowest BCUT2D eigenvalue weighted by Crippen LogP contribution is -2.41. The number of rotatable bonds is 4. The van der Waals surface area contributed by atoms with Crippen molar-refractivity contribution in [3.63, 3.8) is 0 Å². The predicted octanol–water partition coefficient (Wildman–Crippen LogP) is 6.95. The lowest BCUT2D eigenvalue weighted by Gasteiger charge is -2.31.